The van der Waals surface area contributed by atoms with Gasteiger partial charge in [-0.05, 0) is 37.6 Å². The van der Waals surface area contributed by atoms with Gasteiger partial charge in [0.2, 0.25) is 0 Å². The van der Waals surface area contributed by atoms with E-state index in [9.17, 15) is 39.7 Å². The molecular weight excluding hydrogens is 555 g/mol. The van der Waals surface area contributed by atoms with Crippen molar-refractivity contribution in [1.82, 2.24) is 5.32 Å². The maximum atomic E-state index is 13.5. The average Bonchev–Trinajstić information content (AvgIpc) is 2.96. The molecule has 2 aliphatic heterocycles. The number of hydrogen-bond acceptors (Lipinski definition) is 11. The summed E-state index contributed by atoms with van der Waals surface area (Å²) in [5.41, 5.74) is 1.26. The lowest BCUT2D eigenvalue weighted by Crippen LogP contribution is -2.58. The van der Waals surface area contributed by atoms with E-state index in [1.165, 1.54) is 19.1 Å². The SMILES string of the molecule is CC1=C(C(=O)OCC[C@@H]2O[C@H](CO)[C@@H](O)[C@H](O)[C@H]2O)C(c2ccccc2OCc2ccc(F)cc2)C([N+](=O)[O-])=C(C)N1. The van der Waals surface area contributed by atoms with E-state index in [1.807, 2.05) is 0 Å². The number of aliphatic hydroxyl groups is 4. The van der Waals surface area contributed by atoms with Crippen LogP contribution in [0.4, 0.5) is 4.39 Å². The molecule has 0 radical (unpaired) electrons. The van der Waals surface area contributed by atoms with Crippen molar-refractivity contribution >= 4 is 5.97 Å². The fourth-order valence-corrected chi connectivity index (χ4v) is 5.15. The molecule has 0 spiro atoms. The molecule has 226 valence electrons. The summed E-state index contributed by atoms with van der Waals surface area (Å²) in [4.78, 5) is 25.2. The van der Waals surface area contributed by atoms with Crippen molar-refractivity contribution in [3.8, 4) is 5.75 Å². The summed E-state index contributed by atoms with van der Waals surface area (Å²) in [7, 11) is 0. The van der Waals surface area contributed by atoms with E-state index in [0.717, 1.165) is 0 Å². The average molecular weight is 589 g/mol. The number of nitrogens with one attached hydrogen (secondary N) is 1. The molecule has 5 N–H and O–H groups in total. The van der Waals surface area contributed by atoms with Crippen LogP contribution in [0.3, 0.4) is 0 Å². The van der Waals surface area contributed by atoms with Gasteiger partial charge >= 0.3 is 5.97 Å². The van der Waals surface area contributed by atoms with E-state index < -0.39 is 59.8 Å². The molecule has 4 rings (SSSR count). The van der Waals surface area contributed by atoms with Gasteiger partial charge in [0.05, 0.1) is 35.5 Å². The number of nitrogens with zero attached hydrogens (tertiary/aromatic N) is 1. The zero-order valence-corrected chi connectivity index (χ0v) is 23.0. The Hall–Kier alpha value is -3.88. The minimum atomic E-state index is -1.57. The quantitative estimate of drug-likeness (QED) is 0.155. The van der Waals surface area contributed by atoms with Crippen molar-refractivity contribution < 1.29 is 48.7 Å². The van der Waals surface area contributed by atoms with Crippen LogP contribution in [0, 0.1) is 15.9 Å². The zero-order chi connectivity index (χ0) is 30.6. The molecule has 2 aromatic carbocycles. The Balaban J connectivity index is 1.57. The van der Waals surface area contributed by atoms with E-state index in [2.05, 4.69) is 5.32 Å². The van der Waals surface area contributed by atoms with Gasteiger partial charge in [-0.1, -0.05) is 30.3 Å². The number of aliphatic hydroxyl groups excluding tert-OH is 4. The van der Waals surface area contributed by atoms with Crippen molar-refractivity contribution in [1.29, 1.82) is 0 Å². The maximum Gasteiger partial charge on any atom is 0.336 e. The third-order valence-electron chi connectivity index (χ3n) is 7.31. The molecule has 0 bridgehead atoms. The Kier molecular flexibility index (Phi) is 9.91. The fourth-order valence-electron chi connectivity index (χ4n) is 5.15. The third-order valence-corrected chi connectivity index (χ3v) is 7.31. The summed E-state index contributed by atoms with van der Waals surface area (Å²) >= 11 is 0. The lowest BCUT2D eigenvalue weighted by atomic mass is 9.83. The Morgan fingerprint density at radius 2 is 1.69 bits per heavy atom. The van der Waals surface area contributed by atoms with Gasteiger partial charge in [-0.15, -0.1) is 0 Å². The number of dihydropyridines is 1. The van der Waals surface area contributed by atoms with E-state index >= 15 is 0 Å². The largest absolute Gasteiger partial charge is 0.489 e. The number of carbonyl (C=O) groups excluding carboxylic acids is 1. The van der Waals surface area contributed by atoms with E-state index in [-0.39, 0.29) is 42.4 Å². The Morgan fingerprint density at radius 1 is 1.02 bits per heavy atom. The molecule has 2 heterocycles. The molecule has 6 atom stereocenters. The summed E-state index contributed by atoms with van der Waals surface area (Å²) in [6, 6.07) is 12.3. The van der Waals surface area contributed by atoms with Gasteiger partial charge in [0, 0.05) is 17.7 Å². The van der Waals surface area contributed by atoms with Crippen molar-refractivity contribution in [2.75, 3.05) is 13.2 Å². The first kappa shape index (κ1) is 31.1. The number of hydrogen-bond donors (Lipinski definition) is 5. The second-order valence-corrected chi connectivity index (χ2v) is 10.1. The Bertz CT molecular complexity index is 1360. The van der Waals surface area contributed by atoms with Crippen molar-refractivity contribution in [2.24, 2.45) is 0 Å². The number of carbonyl (C=O) groups is 1. The highest BCUT2D eigenvalue weighted by Crippen LogP contribution is 2.42. The van der Waals surface area contributed by atoms with Gasteiger partial charge in [-0.2, -0.15) is 0 Å². The van der Waals surface area contributed by atoms with E-state index in [0.29, 0.717) is 16.8 Å². The molecule has 0 aliphatic carbocycles. The Labute approximate surface area is 240 Å². The number of para-hydroxylation sites is 1. The summed E-state index contributed by atoms with van der Waals surface area (Å²) in [6.45, 7) is 2.25. The van der Waals surface area contributed by atoms with Crippen LogP contribution in [0.2, 0.25) is 0 Å². The minimum Gasteiger partial charge on any atom is -0.489 e. The van der Waals surface area contributed by atoms with Gasteiger partial charge < -0.3 is 40.0 Å². The van der Waals surface area contributed by atoms with Crippen molar-refractivity contribution in [3.05, 3.63) is 98.3 Å². The van der Waals surface area contributed by atoms with E-state index in [4.69, 9.17) is 14.2 Å². The van der Waals surface area contributed by atoms with Crippen molar-refractivity contribution in [3.63, 3.8) is 0 Å². The molecule has 12 nitrogen and oxygen atoms in total. The second-order valence-electron chi connectivity index (χ2n) is 10.1. The first-order valence-electron chi connectivity index (χ1n) is 13.3. The van der Waals surface area contributed by atoms with Crippen LogP contribution < -0.4 is 10.1 Å². The Morgan fingerprint density at radius 3 is 2.36 bits per heavy atom. The van der Waals surface area contributed by atoms with Crippen LogP contribution >= 0.6 is 0 Å². The number of esters is 1. The van der Waals surface area contributed by atoms with Gasteiger partial charge in [-0.25, -0.2) is 9.18 Å². The predicted octanol–water partition coefficient (Wildman–Crippen LogP) is 1.65. The predicted molar refractivity (Wildman–Crippen MR) is 145 cm³/mol. The lowest BCUT2D eigenvalue weighted by Gasteiger charge is -2.40. The van der Waals surface area contributed by atoms with Crippen LogP contribution in [0.5, 0.6) is 5.75 Å². The molecule has 2 aromatic rings. The molecule has 0 aromatic heterocycles. The van der Waals surface area contributed by atoms with Crippen LogP contribution in [-0.2, 0) is 20.9 Å². The first-order valence-corrected chi connectivity index (χ1v) is 13.3. The third kappa shape index (κ3) is 6.61. The monoisotopic (exact) mass is 588 g/mol. The first-order chi connectivity index (χ1) is 20.0. The number of nitro groups is 1. The lowest BCUT2D eigenvalue weighted by molar-refractivity contribution is -0.431. The van der Waals surface area contributed by atoms with Gasteiger partial charge in [-0.3, -0.25) is 10.1 Å². The summed E-state index contributed by atoms with van der Waals surface area (Å²) in [5.74, 6) is -2.17. The van der Waals surface area contributed by atoms with Crippen LogP contribution in [0.15, 0.2) is 71.2 Å². The van der Waals surface area contributed by atoms with Crippen LogP contribution in [-0.4, -0.2) is 75.1 Å². The maximum absolute atomic E-state index is 13.5. The highest BCUT2D eigenvalue weighted by molar-refractivity contribution is 5.92. The topological polar surface area (TPSA) is 181 Å². The van der Waals surface area contributed by atoms with Gasteiger partial charge in [0.25, 0.3) is 5.70 Å². The number of halogens is 1. The standard InChI is InChI=1S/C29H33FN2O10/c1-15-23(29(37)40-12-11-21-26(34)28(36)27(35)22(13-33)42-21)24(25(32(38)39)16(2)31-15)19-5-3-4-6-20(19)41-14-17-7-9-18(30)10-8-17/h3-10,21-22,24,26-28,31,33-36H,11-14H2,1-2H3/t21-,22+,24?,26-,27+,28+/m0/s1. The summed E-state index contributed by atoms with van der Waals surface area (Å²) in [5, 5.41) is 54.8. The number of ether oxygens (including phenoxy) is 3. The number of allylic oxidation sites excluding steroid dienone is 3. The molecule has 1 unspecified atom stereocenters. The van der Waals surface area contributed by atoms with Crippen LogP contribution in [0.1, 0.15) is 37.3 Å². The zero-order valence-electron chi connectivity index (χ0n) is 23.0. The van der Waals surface area contributed by atoms with E-state index in [1.54, 1.807) is 43.3 Å². The molecule has 0 saturated carbocycles. The highest BCUT2D eigenvalue weighted by Gasteiger charge is 2.44. The minimum absolute atomic E-state index is 0.0288. The molecule has 2 aliphatic rings. The smallest absolute Gasteiger partial charge is 0.336 e. The molecule has 1 fully saturated rings. The normalized spacial score (nSPS) is 26.1. The highest BCUT2D eigenvalue weighted by atomic mass is 19.1. The fraction of sp³-hybridized carbons (Fsp3) is 0.414. The van der Waals surface area contributed by atoms with Crippen molar-refractivity contribution in [2.45, 2.75) is 63.3 Å². The molecular formula is C29H33FN2O10. The molecule has 42 heavy (non-hydrogen) atoms. The number of rotatable bonds is 10. The molecule has 0 amide bonds. The molecule has 13 heteroatoms. The molecule has 1 saturated heterocycles. The summed E-state index contributed by atoms with van der Waals surface area (Å²) in [6.07, 6.45) is -6.85. The van der Waals surface area contributed by atoms with Gasteiger partial charge in [0.15, 0.2) is 0 Å². The number of benzene rings is 2. The van der Waals surface area contributed by atoms with Crippen LogP contribution in [0.25, 0.3) is 0 Å². The second kappa shape index (κ2) is 13.4. The summed E-state index contributed by atoms with van der Waals surface area (Å²) < 4.78 is 30.2. The van der Waals surface area contributed by atoms with Gasteiger partial charge in [0.1, 0.15) is 48.5 Å².